The fourth-order valence-electron chi connectivity index (χ4n) is 2.43. The van der Waals surface area contributed by atoms with E-state index in [4.69, 9.17) is 5.73 Å². The minimum atomic E-state index is -0.166. The van der Waals surface area contributed by atoms with Gasteiger partial charge in [-0.2, -0.15) is 0 Å². The molecule has 1 unspecified atom stereocenters. The fraction of sp³-hybridized carbons (Fsp3) is 0.333. The van der Waals surface area contributed by atoms with E-state index in [1.54, 1.807) is 6.07 Å². The van der Waals surface area contributed by atoms with Crippen molar-refractivity contribution in [3.63, 3.8) is 0 Å². The zero-order chi connectivity index (χ0) is 14.4. The van der Waals surface area contributed by atoms with Gasteiger partial charge in [-0.3, -0.25) is 0 Å². The van der Waals surface area contributed by atoms with Gasteiger partial charge < -0.3 is 5.73 Å². The van der Waals surface area contributed by atoms with E-state index in [9.17, 15) is 4.39 Å². The molecule has 0 radical (unpaired) electrons. The van der Waals surface area contributed by atoms with Gasteiger partial charge >= 0.3 is 0 Å². The van der Waals surface area contributed by atoms with Crippen molar-refractivity contribution in [1.82, 2.24) is 0 Å². The summed E-state index contributed by atoms with van der Waals surface area (Å²) >= 11 is 0. The highest BCUT2D eigenvalue weighted by Crippen LogP contribution is 2.24. The standard InChI is InChI=1S/C18H22FN/c1-14(11-12-20)9-10-15-5-4-6-16(13-15)17-7-2-3-8-18(17)19/h2-8,13-14H,9-12,20H2,1H3. The van der Waals surface area contributed by atoms with Gasteiger partial charge in [-0.1, -0.05) is 49.4 Å². The van der Waals surface area contributed by atoms with E-state index in [-0.39, 0.29) is 5.82 Å². The Kier molecular flexibility index (Phi) is 5.31. The van der Waals surface area contributed by atoms with Crippen LogP contribution in [0.15, 0.2) is 48.5 Å². The Morgan fingerprint density at radius 2 is 1.85 bits per heavy atom. The predicted molar refractivity (Wildman–Crippen MR) is 83.0 cm³/mol. The first-order valence-corrected chi connectivity index (χ1v) is 7.24. The van der Waals surface area contributed by atoms with Crippen molar-refractivity contribution >= 4 is 0 Å². The van der Waals surface area contributed by atoms with E-state index in [2.05, 4.69) is 19.1 Å². The molecular weight excluding hydrogens is 249 g/mol. The molecule has 0 amide bonds. The Morgan fingerprint density at radius 1 is 1.05 bits per heavy atom. The average molecular weight is 271 g/mol. The van der Waals surface area contributed by atoms with Crippen molar-refractivity contribution in [1.29, 1.82) is 0 Å². The molecule has 106 valence electrons. The van der Waals surface area contributed by atoms with Gasteiger partial charge in [0.25, 0.3) is 0 Å². The molecule has 20 heavy (non-hydrogen) atoms. The van der Waals surface area contributed by atoms with Crippen LogP contribution in [0.1, 0.15) is 25.3 Å². The van der Waals surface area contributed by atoms with Gasteiger partial charge in [-0.25, -0.2) is 4.39 Å². The van der Waals surface area contributed by atoms with Gasteiger partial charge in [0.05, 0.1) is 0 Å². The smallest absolute Gasteiger partial charge is 0.131 e. The second-order valence-corrected chi connectivity index (χ2v) is 5.40. The van der Waals surface area contributed by atoms with Gasteiger partial charge in [0.2, 0.25) is 0 Å². The van der Waals surface area contributed by atoms with Crippen LogP contribution in [-0.4, -0.2) is 6.54 Å². The third-order valence-corrected chi connectivity index (χ3v) is 3.70. The van der Waals surface area contributed by atoms with Crippen molar-refractivity contribution in [2.45, 2.75) is 26.2 Å². The molecule has 0 aliphatic rings. The minimum absolute atomic E-state index is 0.166. The molecule has 2 N–H and O–H groups in total. The zero-order valence-corrected chi connectivity index (χ0v) is 12.0. The third kappa shape index (κ3) is 3.91. The van der Waals surface area contributed by atoms with Crippen LogP contribution in [0.4, 0.5) is 4.39 Å². The number of halogens is 1. The topological polar surface area (TPSA) is 26.0 Å². The Labute approximate surface area is 120 Å². The Bertz CT molecular complexity index is 551. The largest absolute Gasteiger partial charge is 0.330 e. The summed E-state index contributed by atoms with van der Waals surface area (Å²) in [6.45, 7) is 2.98. The maximum Gasteiger partial charge on any atom is 0.131 e. The maximum atomic E-state index is 13.8. The second kappa shape index (κ2) is 7.20. The molecule has 2 rings (SSSR count). The number of nitrogens with two attached hydrogens (primary N) is 1. The zero-order valence-electron chi connectivity index (χ0n) is 12.0. The highest BCUT2D eigenvalue weighted by Gasteiger charge is 2.06. The van der Waals surface area contributed by atoms with Crippen LogP contribution < -0.4 is 5.73 Å². The lowest BCUT2D eigenvalue weighted by molar-refractivity contribution is 0.500. The number of benzene rings is 2. The van der Waals surface area contributed by atoms with E-state index in [0.717, 1.165) is 31.4 Å². The van der Waals surface area contributed by atoms with Gasteiger partial charge in [0.15, 0.2) is 0 Å². The van der Waals surface area contributed by atoms with E-state index in [1.165, 1.54) is 11.6 Å². The van der Waals surface area contributed by atoms with Gasteiger partial charge in [-0.15, -0.1) is 0 Å². The van der Waals surface area contributed by atoms with E-state index < -0.39 is 0 Å². The van der Waals surface area contributed by atoms with E-state index in [0.29, 0.717) is 11.5 Å². The van der Waals surface area contributed by atoms with Crippen LogP contribution in [0, 0.1) is 11.7 Å². The Hall–Kier alpha value is -1.67. The van der Waals surface area contributed by atoms with Gasteiger partial charge in [0, 0.05) is 5.56 Å². The molecule has 0 aromatic heterocycles. The molecule has 0 aliphatic carbocycles. The molecule has 2 aromatic rings. The summed E-state index contributed by atoms with van der Waals surface area (Å²) in [5.41, 5.74) is 8.45. The number of aryl methyl sites for hydroxylation is 1. The van der Waals surface area contributed by atoms with Crippen LogP contribution >= 0.6 is 0 Å². The summed E-state index contributed by atoms with van der Waals surface area (Å²) in [7, 11) is 0. The quantitative estimate of drug-likeness (QED) is 0.827. The highest BCUT2D eigenvalue weighted by atomic mass is 19.1. The molecule has 2 aromatic carbocycles. The third-order valence-electron chi connectivity index (χ3n) is 3.70. The average Bonchev–Trinajstić information content (AvgIpc) is 2.46. The van der Waals surface area contributed by atoms with Crippen molar-refractivity contribution in [3.8, 4) is 11.1 Å². The summed E-state index contributed by atoms with van der Waals surface area (Å²) in [6, 6.07) is 15.1. The van der Waals surface area contributed by atoms with Crippen LogP contribution in [-0.2, 0) is 6.42 Å². The minimum Gasteiger partial charge on any atom is -0.330 e. The molecule has 0 bridgehead atoms. The first-order chi connectivity index (χ1) is 9.70. The SMILES string of the molecule is CC(CCN)CCc1cccc(-c2ccccc2F)c1. The van der Waals surface area contributed by atoms with Crippen molar-refractivity contribution in [3.05, 3.63) is 59.9 Å². The highest BCUT2D eigenvalue weighted by molar-refractivity contribution is 5.64. The number of hydrogen-bond acceptors (Lipinski definition) is 1. The van der Waals surface area contributed by atoms with Crippen LogP contribution in [0.3, 0.4) is 0 Å². The van der Waals surface area contributed by atoms with Crippen molar-refractivity contribution < 1.29 is 4.39 Å². The van der Waals surface area contributed by atoms with Crippen LogP contribution in [0.5, 0.6) is 0 Å². The summed E-state index contributed by atoms with van der Waals surface area (Å²) < 4.78 is 13.8. The Morgan fingerprint density at radius 3 is 2.60 bits per heavy atom. The summed E-state index contributed by atoms with van der Waals surface area (Å²) in [6.07, 6.45) is 3.20. The van der Waals surface area contributed by atoms with Crippen LogP contribution in [0.2, 0.25) is 0 Å². The summed E-state index contributed by atoms with van der Waals surface area (Å²) in [5.74, 6) is 0.471. The first kappa shape index (κ1) is 14.7. The summed E-state index contributed by atoms with van der Waals surface area (Å²) in [5, 5.41) is 0. The summed E-state index contributed by atoms with van der Waals surface area (Å²) in [4.78, 5) is 0. The lowest BCUT2D eigenvalue weighted by Crippen LogP contribution is -2.06. The Balaban J connectivity index is 2.10. The molecule has 0 saturated carbocycles. The van der Waals surface area contributed by atoms with Gasteiger partial charge in [-0.05, 0) is 48.9 Å². The number of rotatable bonds is 6. The fourth-order valence-corrected chi connectivity index (χ4v) is 2.43. The number of hydrogen-bond donors (Lipinski definition) is 1. The van der Waals surface area contributed by atoms with Crippen molar-refractivity contribution in [2.75, 3.05) is 6.54 Å². The van der Waals surface area contributed by atoms with E-state index in [1.807, 2.05) is 24.3 Å². The molecule has 0 heterocycles. The lowest BCUT2D eigenvalue weighted by atomic mass is 9.96. The molecule has 0 aliphatic heterocycles. The van der Waals surface area contributed by atoms with E-state index >= 15 is 0 Å². The molecule has 0 saturated heterocycles. The monoisotopic (exact) mass is 271 g/mol. The normalized spacial score (nSPS) is 12.3. The molecule has 2 heteroatoms. The molecular formula is C18H22FN. The van der Waals surface area contributed by atoms with Gasteiger partial charge in [0.1, 0.15) is 5.82 Å². The second-order valence-electron chi connectivity index (χ2n) is 5.40. The first-order valence-electron chi connectivity index (χ1n) is 7.24. The molecule has 1 nitrogen and oxygen atoms in total. The lowest BCUT2D eigenvalue weighted by Gasteiger charge is -2.11. The van der Waals surface area contributed by atoms with Crippen LogP contribution in [0.25, 0.3) is 11.1 Å². The molecule has 0 spiro atoms. The molecule has 0 fully saturated rings. The molecule has 1 atom stereocenters. The predicted octanol–water partition coefficient (Wildman–Crippen LogP) is 4.41. The van der Waals surface area contributed by atoms with Crippen molar-refractivity contribution in [2.24, 2.45) is 11.7 Å². The maximum absolute atomic E-state index is 13.8.